The van der Waals surface area contributed by atoms with Crippen molar-refractivity contribution in [1.29, 1.82) is 0 Å². The van der Waals surface area contributed by atoms with Gasteiger partial charge >= 0.3 is 0 Å². The molecule has 1 atom stereocenters. The lowest BCUT2D eigenvalue weighted by Gasteiger charge is -2.14. The van der Waals surface area contributed by atoms with Crippen molar-refractivity contribution in [3.05, 3.63) is 76.9 Å². The van der Waals surface area contributed by atoms with E-state index in [0.29, 0.717) is 17.4 Å². The van der Waals surface area contributed by atoms with Gasteiger partial charge in [-0.1, -0.05) is 36.0 Å². The highest BCUT2D eigenvalue weighted by atomic mass is 32.2. The fraction of sp³-hybridized carbons (Fsp3) is 0.190. The Morgan fingerprint density at radius 3 is 2.63 bits per heavy atom. The third kappa shape index (κ3) is 4.93. The molecule has 0 aliphatic carbocycles. The molecular weight excluding hydrogens is 404 g/mol. The Morgan fingerprint density at radius 1 is 1.30 bits per heavy atom. The van der Waals surface area contributed by atoms with Crippen LogP contribution in [-0.4, -0.2) is 38.6 Å². The molecule has 30 heavy (non-hydrogen) atoms. The first-order valence-corrected chi connectivity index (χ1v) is 10.0. The summed E-state index contributed by atoms with van der Waals surface area (Å²) in [6, 6.07) is 13.1. The molecule has 8 nitrogen and oxygen atoms in total. The lowest BCUT2D eigenvalue weighted by Crippen LogP contribution is -2.33. The zero-order valence-corrected chi connectivity index (χ0v) is 17.1. The van der Waals surface area contributed by atoms with E-state index in [1.807, 2.05) is 31.2 Å². The van der Waals surface area contributed by atoms with E-state index in [1.165, 1.54) is 40.9 Å². The Balaban J connectivity index is 1.72. The van der Waals surface area contributed by atoms with E-state index in [9.17, 15) is 19.7 Å². The first-order valence-electron chi connectivity index (χ1n) is 9.16. The van der Waals surface area contributed by atoms with Crippen molar-refractivity contribution >= 4 is 45.8 Å². The molecule has 0 saturated carbocycles. The van der Waals surface area contributed by atoms with Gasteiger partial charge in [-0.25, -0.2) is 4.99 Å². The summed E-state index contributed by atoms with van der Waals surface area (Å²) >= 11 is 1.24. The molecule has 3 rings (SSSR count). The standard InChI is InChI=1S/C21H20N4O4S/c1-3-12-24-20(27)18(30-21(24)23-17-7-5-4-6-14(17)2)13-19(26)22-15-8-10-16(11-9-15)25(28)29/h3-11,18H,1,12-13H2,2H3,(H,22,26)/t18-/m1/s1. The zero-order valence-electron chi connectivity index (χ0n) is 16.3. The number of para-hydroxylation sites is 1. The number of aryl methyl sites for hydroxylation is 1. The number of non-ortho nitro benzene ring substituents is 1. The van der Waals surface area contributed by atoms with Crippen molar-refractivity contribution in [2.45, 2.75) is 18.6 Å². The molecule has 1 aliphatic heterocycles. The lowest BCUT2D eigenvalue weighted by atomic mass is 10.2. The molecule has 2 aromatic carbocycles. The number of rotatable bonds is 7. The second-order valence-corrected chi connectivity index (χ2v) is 7.75. The summed E-state index contributed by atoms with van der Waals surface area (Å²) in [4.78, 5) is 41.6. The Bertz CT molecular complexity index is 1020. The lowest BCUT2D eigenvalue weighted by molar-refractivity contribution is -0.384. The van der Waals surface area contributed by atoms with Crippen LogP contribution >= 0.6 is 11.8 Å². The third-order valence-corrected chi connectivity index (χ3v) is 5.57. The number of nitro groups is 1. The zero-order chi connectivity index (χ0) is 21.7. The number of carbonyl (C=O) groups excluding carboxylic acids is 2. The van der Waals surface area contributed by atoms with Gasteiger partial charge < -0.3 is 5.32 Å². The van der Waals surface area contributed by atoms with Crippen molar-refractivity contribution in [2.24, 2.45) is 4.99 Å². The van der Waals surface area contributed by atoms with Crippen LogP contribution < -0.4 is 5.32 Å². The molecular formula is C21H20N4O4S. The largest absolute Gasteiger partial charge is 0.326 e. The normalized spacial score (nSPS) is 17.2. The van der Waals surface area contributed by atoms with Crippen LogP contribution in [0.5, 0.6) is 0 Å². The molecule has 0 aromatic heterocycles. The van der Waals surface area contributed by atoms with Crippen LogP contribution in [0.25, 0.3) is 0 Å². The second kappa shape index (κ2) is 9.36. The predicted octanol–water partition coefficient (Wildman–Crippen LogP) is 4.05. The number of hydrogen-bond donors (Lipinski definition) is 1. The maximum atomic E-state index is 12.8. The average molecular weight is 424 g/mol. The van der Waals surface area contributed by atoms with Gasteiger partial charge in [0.15, 0.2) is 5.17 Å². The van der Waals surface area contributed by atoms with E-state index in [1.54, 1.807) is 6.08 Å². The minimum absolute atomic E-state index is 0.0408. The van der Waals surface area contributed by atoms with Crippen molar-refractivity contribution in [3.8, 4) is 0 Å². The Hall–Kier alpha value is -3.46. The summed E-state index contributed by atoms with van der Waals surface area (Å²) in [5.74, 6) is -0.559. The summed E-state index contributed by atoms with van der Waals surface area (Å²) in [6.07, 6.45) is 1.58. The van der Waals surface area contributed by atoms with E-state index in [2.05, 4.69) is 16.9 Å². The molecule has 0 bridgehead atoms. The topological polar surface area (TPSA) is 105 Å². The van der Waals surface area contributed by atoms with Crippen LogP contribution in [0.2, 0.25) is 0 Å². The molecule has 0 unspecified atom stereocenters. The van der Waals surface area contributed by atoms with E-state index < -0.39 is 10.2 Å². The van der Waals surface area contributed by atoms with Gasteiger partial charge in [0.2, 0.25) is 11.8 Å². The number of anilines is 1. The highest BCUT2D eigenvalue weighted by molar-refractivity contribution is 8.15. The molecule has 1 heterocycles. The molecule has 2 aromatic rings. The monoisotopic (exact) mass is 424 g/mol. The van der Waals surface area contributed by atoms with Gasteiger partial charge in [0.1, 0.15) is 5.25 Å². The Morgan fingerprint density at radius 2 is 2.00 bits per heavy atom. The number of amides is 2. The minimum Gasteiger partial charge on any atom is -0.326 e. The third-order valence-electron chi connectivity index (χ3n) is 4.40. The number of nitrogens with one attached hydrogen (secondary N) is 1. The van der Waals surface area contributed by atoms with Crippen LogP contribution in [0, 0.1) is 17.0 Å². The fourth-order valence-corrected chi connectivity index (χ4v) is 4.02. The van der Waals surface area contributed by atoms with Gasteiger partial charge in [-0.05, 0) is 30.7 Å². The number of hydrogen-bond acceptors (Lipinski definition) is 6. The van der Waals surface area contributed by atoms with E-state index in [0.717, 1.165) is 11.3 Å². The van der Waals surface area contributed by atoms with Gasteiger partial charge in [-0.2, -0.15) is 0 Å². The van der Waals surface area contributed by atoms with Crippen LogP contribution in [-0.2, 0) is 9.59 Å². The van der Waals surface area contributed by atoms with Gasteiger partial charge in [0.05, 0.1) is 10.6 Å². The fourth-order valence-electron chi connectivity index (χ4n) is 2.86. The van der Waals surface area contributed by atoms with Gasteiger partial charge in [0, 0.05) is 30.8 Å². The van der Waals surface area contributed by atoms with E-state index in [-0.39, 0.29) is 23.9 Å². The van der Waals surface area contributed by atoms with Gasteiger partial charge in [-0.15, -0.1) is 6.58 Å². The minimum atomic E-state index is -0.606. The molecule has 1 N–H and O–H groups in total. The molecule has 9 heteroatoms. The molecule has 1 fully saturated rings. The molecule has 0 radical (unpaired) electrons. The maximum absolute atomic E-state index is 12.8. The number of benzene rings is 2. The maximum Gasteiger partial charge on any atom is 0.269 e. The Labute approximate surface area is 177 Å². The van der Waals surface area contributed by atoms with Crippen molar-refractivity contribution in [1.82, 2.24) is 4.90 Å². The quantitative estimate of drug-likeness (QED) is 0.410. The first-order chi connectivity index (χ1) is 14.4. The molecule has 1 saturated heterocycles. The van der Waals surface area contributed by atoms with Crippen molar-refractivity contribution in [2.75, 3.05) is 11.9 Å². The number of nitrogens with zero attached hydrogens (tertiary/aromatic N) is 3. The number of amidine groups is 1. The highest BCUT2D eigenvalue weighted by Crippen LogP contribution is 2.32. The number of aliphatic imine (C=N–C) groups is 1. The molecule has 154 valence electrons. The van der Waals surface area contributed by atoms with E-state index in [4.69, 9.17) is 0 Å². The Kier molecular flexibility index (Phi) is 6.63. The molecule has 2 amide bonds. The van der Waals surface area contributed by atoms with Crippen LogP contribution in [0.4, 0.5) is 17.1 Å². The van der Waals surface area contributed by atoms with Crippen molar-refractivity contribution in [3.63, 3.8) is 0 Å². The number of nitro benzene ring substituents is 1. The average Bonchev–Trinajstić information content (AvgIpc) is 2.99. The van der Waals surface area contributed by atoms with Crippen LogP contribution in [0.15, 0.2) is 66.2 Å². The number of carbonyl (C=O) groups is 2. The molecule has 0 spiro atoms. The van der Waals surface area contributed by atoms with Crippen molar-refractivity contribution < 1.29 is 14.5 Å². The SMILES string of the molecule is C=CCN1C(=O)[C@@H](CC(=O)Nc2ccc([N+](=O)[O-])cc2)SC1=Nc1ccccc1C. The smallest absolute Gasteiger partial charge is 0.269 e. The highest BCUT2D eigenvalue weighted by Gasteiger charge is 2.38. The summed E-state index contributed by atoms with van der Waals surface area (Å²) in [5, 5.41) is 13.3. The van der Waals surface area contributed by atoms with Gasteiger partial charge in [0.25, 0.3) is 5.69 Å². The summed E-state index contributed by atoms with van der Waals surface area (Å²) < 4.78 is 0. The summed E-state index contributed by atoms with van der Waals surface area (Å²) in [5.41, 5.74) is 2.11. The predicted molar refractivity (Wildman–Crippen MR) is 118 cm³/mol. The number of thioether (sulfide) groups is 1. The van der Waals surface area contributed by atoms with Gasteiger partial charge in [-0.3, -0.25) is 24.6 Å². The molecule has 1 aliphatic rings. The summed E-state index contributed by atoms with van der Waals surface area (Å²) in [6.45, 7) is 5.93. The second-order valence-electron chi connectivity index (χ2n) is 6.58. The van der Waals surface area contributed by atoms with Crippen LogP contribution in [0.3, 0.4) is 0 Å². The van der Waals surface area contributed by atoms with Crippen LogP contribution in [0.1, 0.15) is 12.0 Å². The van der Waals surface area contributed by atoms with E-state index >= 15 is 0 Å². The first kappa shape index (κ1) is 21.3. The summed E-state index contributed by atoms with van der Waals surface area (Å²) in [7, 11) is 0.